The number of phenolic OH excluding ortho intramolecular Hbond substituents is 1. The van der Waals surface area contributed by atoms with Crippen LogP contribution in [0.3, 0.4) is 0 Å². The number of nitrogens with zero attached hydrogens (tertiary/aromatic N) is 1. The van der Waals surface area contributed by atoms with Crippen molar-refractivity contribution in [1.29, 1.82) is 0 Å². The van der Waals surface area contributed by atoms with Crippen molar-refractivity contribution in [2.24, 2.45) is 5.92 Å². The molecule has 1 unspecified atom stereocenters. The molecule has 0 aromatic heterocycles. The Bertz CT molecular complexity index is 1540. The van der Waals surface area contributed by atoms with Crippen LogP contribution in [0.5, 0.6) is 5.75 Å². The SMILES string of the molecule is C[N+]1(CC2CC2)CC[C@]23CC(=O)CC[C@@]2(O)[C@H]1Cc1ccc(C(=O)NCCc2ccc(-c4ccccc4)cc2)c(O)c13.[Cl-]. The highest BCUT2D eigenvalue weighted by Crippen LogP contribution is 2.61. The molecule has 3 N–H and O–H groups in total. The molecule has 3 aromatic carbocycles. The van der Waals surface area contributed by atoms with Crippen molar-refractivity contribution >= 4 is 11.7 Å². The van der Waals surface area contributed by atoms with E-state index in [4.69, 9.17) is 0 Å². The van der Waals surface area contributed by atoms with E-state index < -0.39 is 11.0 Å². The molecule has 1 heterocycles. The highest BCUT2D eigenvalue weighted by molar-refractivity contribution is 5.98. The van der Waals surface area contributed by atoms with Crippen molar-refractivity contribution in [1.82, 2.24) is 5.32 Å². The smallest absolute Gasteiger partial charge is 0.255 e. The van der Waals surface area contributed by atoms with Crippen molar-refractivity contribution in [3.63, 3.8) is 0 Å². The van der Waals surface area contributed by atoms with E-state index in [1.165, 1.54) is 18.4 Å². The third-order valence-electron chi connectivity index (χ3n) is 11.0. The van der Waals surface area contributed by atoms with Crippen LogP contribution in [0.1, 0.15) is 65.6 Å². The summed E-state index contributed by atoms with van der Waals surface area (Å²) in [5, 5.41) is 27.2. The van der Waals surface area contributed by atoms with Crippen LogP contribution in [0.15, 0.2) is 66.7 Å². The summed E-state index contributed by atoms with van der Waals surface area (Å²) in [5.41, 5.74) is 3.37. The van der Waals surface area contributed by atoms with E-state index in [1.807, 2.05) is 24.3 Å². The van der Waals surface area contributed by atoms with Gasteiger partial charge in [0, 0.05) is 49.1 Å². The molecule has 7 heteroatoms. The number of benzene rings is 3. The number of halogens is 1. The van der Waals surface area contributed by atoms with Crippen molar-refractivity contribution < 1.29 is 36.7 Å². The largest absolute Gasteiger partial charge is 1.00 e. The minimum absolute atomic E-state index is 0. The molecule has 1 saturated heterocycles. The first kappa shape index (κ1) is 29.9. The summed E-state index contributed by atoms with van der Waals surface area (Å²) in [7, 11) is 2.28. The molecule has 3 fully saturated rings. The Labute approximate surface area is 260 Å². The Morgan fingerprint density at radius 3 is 2.44 bits per heavy atom. The number of rotatable bonds is 7. The zero-order valence-electron chi connectivity index (χ0n) is 24.8. The van der Waals surface area contributed by atoms with Gasteiger partial charge < -0.3 is 32.4 Å². The molecule has 3 aromatic rings. The number of carbonyl (C=O) groups excluding carboxylic acids is 2. The van der Waals surface area contributed by atoms with E-state index in [-0.39, 0.29) is 47.9 Å². The number of ketones is 1. The summed E-state index contributed by atoms with van der Waals surface area (Å²) in [5.74, 6) is 0.476. The fourth-order valence-corrected chi connectivity index (χ4v) is 8.62. The van der Waals surface area contributed by atoms with E-state index in [9.17, 15) is 19.8 Å². The maximum Gasteiger partial charge on any atom is 0.255 e. The van der Waals surface area contributed by atoms with Crippen LogP contribution in [0.2, 0.25) is 0 Å². The highest BCUT2D eigenvalue weighted by atomic mass is 35.5. The zero-order valence-corrected chi connectivity index (χ0v) is 25.6. The van der Waals surface area contributed by atoms with Gasteiger partial charge in [-0.25, -0.2) is 0 Å². The Balaban J connectivity index is 0.00000329. The number of aliphatic hydroxyl groups is 1. The molecule has 7 rings (SSSR count). The Morgan fingerprint density at radius 1 is 1.00 bits per heavy atom. The third-order valence-corrected chi connectivity index (χ3v) is 11.0. The zero-order chi connectivity index (χ0) is 29.1. The van der Waals surface area contributed by atoms with E-state index in [1.54, 1.807) is 6.07 Å². The van der Waals surface area contributed by atoms with Gasteiger partial charge >= 0.3 is 0 Å². The molecule has 2 bridgehead atoms. The molecule has 43 heavy (non-hydrogen) atoms. The second-order valence-corrected chi connectivity index (χ2v) is 13.6. The first-order valence-electron chi connectivity index (χ1n) is 15.6. The second-order valence-electron chi connectivity index (χ2n) is 13.6. The standard InChI is InChI=1S/C36H40N2O4.ClH/c1-38(23-25-7-8-25)20-18-35-22-29(39)15-17-36(35,42)31(38)21-28-13-14-30(33(40)32(28)35)34(41)37-19-16-24-9-11-27(12-10-24)26-5-3-2-4-6-26;/h2-6,9-14,25,31,42H,7-8,15-23H2,1H3,(H-,37,40,41);1H/t31-,35-,36-,38?;/m1./s1. The number of amides is 1. The first-order valence-corrected chi connectivity index (χ1v) is 15.6. The van der Waals surface area contributed by atoms with Crippen molar-refractivity contribution in [3.8, 4) is 16.9 Å². The third kappa shape index (κ3) is 4.98. The first-order chi connectivity index (χ1) is 20.2. The lowest BCUT2D eigenvalue weighted by molar-refractivity contribution is -0.950. The van der Waals surface area contributed by atoms with Gasteiger partial charge in [0.1, 0.15) is 23.2 Å². The maximum absolute atomic E-state index is 13.4. The lowest BCUT2D eigenvalue weighted by atomic mass is 9.48. The Kier molecular flexibility index (Phi) is 7.68. The predicted octanol–water partition coefficient (Wildman–Crippen LogP) is 1.94. The Morgan fingerprint density at radius 2 is 1.72 bits per heavy atom. The average molecular weight is 601 g/mol. The number of phenols is 1. The fraction of sp³-hybridized carbons (Fsp3) is 0.444. The second kappa shape index (κ2) is 11.1. The average Bonchev–Trinajstić information content (AvgIpc) is 3.80. The van der Waals surface area contributed by atoms with E-state index in [0.29, 0.717) is 44.2 Å². The van der Waals surface area contributed by atoms with Gasteiger partial charge in [0.15, 0.2) is 0 Å². The molecule has 0 radical (unpaired) electrons. The lowest BCUT2D eigenvalue weighted by Crippen LogP contribution is -3.00. The summed E-state index contributed by atoms with van der Waals surface area (Å²) in [4.78, 5) is 26.3. The number of likely N-dealkylation sites (N-methyl/N-ethyl adjacent to an activating group) is 1. The molecule has 4 aliphatic rings. The summed E-state index contributed by atoms with van der Waals surface area (Å²) in [6.07, 6.45) is 5.51. The van der Waals surface area contributed by atoms with Gasteiger partial charge in [0.2, 0.25) is 0 Å². The van der Waals surface area contributed by atoms with Crippen LogP contribution in [0.4, 0.5) is 0 Å². The number of fused-ring (bicyclic) bond motifs is 1. The number of aromatic hydroxyl groups is 1. The minimum atomic E-state index is -1.08. The highest BCUT2D eigenvalue weighted by Gasteiger charge is 2.70. The summed E-state index contributed by atoms with van der Waals surface area (Å²) in [6, 6.07) is 22.3. The van der Waals surface area contributed by atoms with E-state index in [0.717, 1.165) is 40.2 Å². The Hall–Kier alpha value is -3.19. The quantitative estimate of drug-likeness (QED) is 0.362. The van der Waals surface area contributed by atoms with Gasteiger partial charge in [-0.2, -0.15) is 0 Å². The topological polar surface area (TPSA) is 86.6 Å². The number of Topliss-reactive ketones (excluding diaryl/α,β-unsaturated/α-hetero) is 1. The molecule has 6 nitrogen and oxygen atoms in total. The van der Waals surface area contributed by atoms with Crippen LogP contribution in [0.25, 0.3) is 11.1 Å². The van der Waals surface area contributed by atoms with Gasteiger partial charge in [-0.05, 0) is 54.0 Å². The summed E-state index contributed by atoms with van der Waals surface area (Å²) < 4.78 is 0.825. The molecule has 4 atom stereocenters. The number of hydrogen-bond donors (Lipinski definition) is 3. The number of quaternary nitrogens is 1. The molecular weight excluding hydrogens is 560 g/mol. The number of carbonyl (C=O) groups is 2. The molecular formula is C36H41ClN2O4. The normalized spacial score (nSPS) is 29.2. The van der Waals surface area contributed by atoms with Gasteiger partial charge in [-0.15, -0.1) is 0 Å². The maximum atomic E-state index is 13.4. The minimum Gasteiger partial charge on any atom is -1.00 e. The van der Waals surface area contributed by atoms with Crippen molar-refractivity contribution in [3.05, 3.63) is 89.0 Å². The van der Waals surface area contributed by atoms with Gasteiger partial charge in [-0.3, -0.25) is 9.59 Å². The van der Waals surface area contributed by atoms with Gasteiger partial charge in [-0.1, -0.05) is 60.7 Å². The number of piperidine rings is 1. The fourth-order valence-electron chi connectivity index (χ4n) is 8.62. The van der Waals surface area contributed by atoms with Gasteiger partial charge in [0.25, 0.3) is 5.91 Å². The lowest BCUT2D eigenvalue weighted by Gasteiger charge is -2.65. The molecule has 1 amide bonds. The molecule has 2 saturated carbocycles. The van der Waals surface area contributed by atoms with Crippen molar-refractivity contribution in [2.45, 2.75) is 68.4 Å². The number of likely N-dealkylation sites (tertiary alicyclic amines) is 1. The van der Waals surface area contributed by atoms with Crippen LogP contribution in [0, 0.1) is 5.92 Å². The van der Waals surface area contributed by atoms with Crippen LogP contribution in [-0.2, 0) is 23.1 Å². The number of nitrogens with one attached hydrogen (secondary N) is 1. The van der Waals surface area contributed by atoms with E-state index >= 15 is 0 Å². The predicted molar refractivity (Wildman–Crippen MR) is 162 cm³/mol. The molecule has 3 aliphatic carbocycles. The van der Waals surface area contributed by atoms with E-state index in [2.05, 4.69) is 48.8 Å². The molecule has 0 spiro atoms. The summed E-state index contributed by atoms with van der Waals surface area (Å²) >= 11 is 0. The van der Waals surface area contributed by atoms with Gasteiger partial charge in [0.05, 0.1) is 25.7 Å². The van der Waals surface area contributed by atoms with Crippen LogP contribution in [-0.4, -0.2) is 64.7 Å². The number of hydrogen-bond acceptors (Lipinski definition) is 4. The van der Waals surface area contributed by atoms with Crippen LogP contribution < -0.4 is 17.7 Å². The van der Waals surface area contributed by atoms with Crippen molar-refractivity contribution in [2.75, 3.05) is 26.7 Å². The molecule has 226 valence electrons. The molecule has 1 aliphatic heterocycles. The van der Waals surface area contributed by atoms with Crippen LogP contribution >= 0.6 is 0 Å². The monoisotopic (exact) mass is 600 g/mol. The summed E-state index contributed by atoms with van der Waals surface area (Å²) in [6.45, 7) is 2.37.